The first kappa shape index (κ1) is 12.1. The molecule has 1 unspecified atom stereocenters. The minimum Gasteiger partial charge on any atom is -0.481 e. The molecule has 1 aromatic carbocycles. The van der Waals surface area contributed by atoms with E-state index >= 15 is 0 Å². The van der Waals surface area contributed by atoms with Gasteiger partial charge in [0, 0.05) is 6.54 Å². The van der Waals surface area contributed by atoms with Gasteiger partial charge in [-0.15, -0.1) is 0 Å². The largest absolute Gasteiger partial charge is 0.481 e. The highest BCUT2D eigenvalue weighted by atomic mass is 16.4. The standard InChI is InChI=1S/C12H12N2O4/c15-10(16)6-9-11(17)13-12(18)14(9)7-8-4-2-1-3-5-8/h1-5,9H,6-7H2,(H,15,16)(H,13,17,18). The molecule has 0 saturated carbocycles. The van der Waals surface area contributed by atoms with Gasteiger partial charge in [0.15, 0.2) is 0 Å². The first-order valence-electron chi connectivity index (χ1n) is 5.45. The van der Waals surface area contributed by atoms with Gasteiger partial charge >= 0.3 is 12.0 Å². The summed E-state index contributed by atoms with van der Waals surface area (Å²) in [6.45, 7) is 0.219. The maximum atomic E-state index is 11.6. The third-order valence-corrected chi connectivity index (χ3v) is 2.73. The Morgan fingerprint density at radius 2 is 1.94 bits per heavy atom. The van der Waals surface area contributed by atoms with Crippen LogP contribution in [0.15, 0.2) is 30.3 Å². The molecule has 1 aliphatic rings. The molecular formula is C12H12N2O4. The molecule has 1 aliphatic heterocycles. The number of carbonyl (C=O) groups is 3. The van der Waals surface area contributed by atoms with E-state index in [1.165, 1.54) is 4.90 Å². The smallest absolute Gasteiger partial charge is 0.325 e. The van der Waals surface area contributed by atoms with Gasteiger partial charge in [-0.05, 0) is 5.56 Å². The van der Waals surface area contributed by atoms with Crippen LogP contribution in [0, 0.1) is 0 Å². The highest BCUT2D eigenvalue weighted by Crippen LogP contribution is 2.16. The number of carboxylic acids is 1. The van der Waals surface area contributed by atoms with Crippen LogP contribution in [0.3, 0.4) is 0 Å². The summed E-state index contributed by atoms with van der Waals surface area (Å²) in [5.41, 5.74) is 0.845. The van der Waals surface area contributed by atoms with E-state index in [1.54, 1.807) is 0 Å². The van der Waals surface area contributed by atoms with E-state index in [0.29, 0.717) is 0 Å². The number of nitrogens with zero attached hydrogens (tertiary/aromatic N) is 1. The van der Waals surface area contributed by atoms with Gasteiger partial charge in [0.1, 0.15) is 6.04 Å². The van der Waals surface area contributed by atoms with E-state index in [1.807, 2.05) is 30.3 Å². The van der Waals surface area contributed by atoms with Crippen LogP contribution < -0.4 is 5.32 Å². The molecule has 0 aromatic heterocycles. The zero-order valence-corrected chi connectivity index (χ0v) is 9.50. The Hall–Kier alpha value is -2.37. The Kier molecular flexibility index (Phi) is 3.27. The number of aliphatic carboxylic acids is 1. The molecule has 94 valence electrons. The molecule has 18 heavy (non-hydrogen) atoms. The van der Waals surface area contributed by atoms with E-state index in [9.17, 15) is 14.4 Å². The minimum absolute atomic E-state index is 0.219. The molecule has 0 radical (unpaired) electrons. The number of hydrogen-bond acceptors (Lipinski definition) is 3. The quantitative estimate of drug-likeness (QED) is 0.763. The van der Waals surface area contributed by atoms with Gasteiger partial charge in [-0.1, -0.05) is 30.3 Å². The number of urea groups is 1. The van der Waals surface area contributed by atoms with Crippen LogP contribution >= 0.6 is 0 Å². The number of amides is 3. The van der Waals surface area contributed by atoms with Crippen molar-refractivity contribution in [1.29, 1.82) is 0 Å². The lowest BCUT2D eigenvalue weighted by atomic mass is 10.1. The Balaban J connectivity index is 2.16. The van der Waals surface area contributed by atoms with Gasteiger partial charge in [0.2, 0.25) is 0 Å². The third kappa shape index (κ3) is 2.48. The number of carboxylic acid groups (broad SMARTS) is 1. The fraction of sp³-hybridized carbons (Fsp3) is 0.250. The van der Waals surface area contributed by atoms with Crippen molar-refractivity contribution >= 4 is 17.9 Å². The van der Waals surface area contributed by atoms with Crippen molar-refractivity contribution in [3.8, 4) is 0 Å². The summed E-state index contributed by atoms with van der Waals surface area (Å²) in [5.74, 6) is -1.67. The lowest BCUT2D eigenvalue weighted by Gasteiger charge is -2.20. The number of nitrogens with one attached hydrogen (secondary N) is 1. The fourth-order valence-corrected chi connectivity index (χ4v) is 1.87. The predicted octanol–water partition coefficient (Wildman–Crippen LogP) is 0.582. The molecule has 2 rings (SSSR count). The van der Waals surface area contributed by atoms with E-state index in [4.69, 9.17) is 5.11 Å². The van der Waals surface area contributed by atoms with Gasteiger partial charge in [-0.25, -0.2) is 4.79 Å². The minimum atomic E-state index is -1.11. The molecule has 0 aliphatic carbocycles. The van der Waals surface area contributed by atoms with Crippen molar-refractivity contribution < 1.29 is 19.5 Å². The van der Waals surface area contributed by atoms with E-state index in [2.05, 4.69) is 5.32 Å². The van der Waals surface area contributed by atoms with E-state index in [0.717, 1.165) is 5.56 Å². The second-order valence-electron chi connectivity index (χ2n) is 4.02. The summed E-state index contributed by atoms with van der Waals surface area (Å²) in [6, 6.07) is 7.62. The molecule has 3 amide bonds. The lowest BCUT2D eigenvalue weighted by Crippen LogP contribution is -2.36. The summed E-state index contributed by atoms with van der Waals surface area (Å²) < 4.78 is 0. The topological polar surface area (TPSA) is 86.7 Å². The second-order valence-corrected chi connectivity index (χ2v) is 4.02. The highest BCUT2D eigenvalue weighted by molar-refractivity contribution is 6.05. The molecular weight excluding hydrogens is 236 g/mol. The van der Waals surface area contributed by atoms with Crippen LogP contribution in [0.4, 0.5) is 4.79 Å². The predicted molar refractivity (Wildman–Crippen MR) is 61.6 cm³/mol. The summed E-state index contributed by atoms with van der Waals surface area (Å²) in [7, 11) is 0. The number of rotatable bonds is 4. The summed E-state index contributed by atoms with van der Waals surface area (Å²) in [4.78, 5) is 35.0. The zero-order valence-electron chi connectivity index (χ0n) is 9.50. The van der Waals surface area contributed by atoms with E-state index < -0.39 is 23.9 Å². The molecule has 1 aromatic rings. The molecule has 6 nitrogen and oxygen atoms in total. The maximum absolute atomic E-state index is 11.6. The van der Waals surface area contributed by atoms with E-state index in [-0.39, 0.29) is 13.0 Å². The third-order valence-electron chi connectivity index (χ3n) is 2.73. The maximum Gasteiger partial charge on any atom is 0.325 e. The normalized spacial score (nSPS) is 18.9. The molecule has 1 saturated heterocycles. The highest BCUT2D eigenvalue weighted by Gasteiger charge is 2.39. The van der Waals surface area contributed by atoms with Gasteiger partial charge in [0.05, 0.1) is 6.42 Å². The summed E-state index contributed by atoms with van der Waals surface area (Å²) in [5, 5.41) is 10.9. The first-order chi connectivity index (χ1) is 8.58. The average molecular weight is 248 g/mol. The Morgan fingerprint density at radius 3 is 2.56 bits per heavy atom. The van der Waals surface area contributed by atoms with Crippen molar-refractivity contribution in [3.05, 3.63) is 35.9 Å². The van der Waals surface area contributed by atoms with Crippen LogP contribution in [0.25, 0.3) is 0 Å². The zero-order chi connectivity index (χ0) is 13.1. The fourth-order valence-electron chi connectivity index (χ4n) is 1.87. The molecule has 1 fully saturated rings. The molecule has 1 atom stereocenters. The number of imide groups is 1. The molecule has 0 bridgehead atoms. The van der Waals surface area contributed by atoms with Crippen LogP contribution in [0.5, 0.6) is 0 Å². The lowest BCUT2D eigenvalue weighted by molar-refractivity contribution is -0.140. The van der Waals surface area contributed by atoms with Gasteiger partial charge < -0.3 is 10.0 Å². The van der Waals surface area contributed by atoms with Crippen molar-refractivity contribution in [2.45, 2.75) is 19.0 Å². The van der Waals surface area contributed by atoms with Crippen molar-refractivity contribution in [2.24, 2.45) is 0 Å². The number of hydrogen-bond donors (Lipinski definition) is 2. The van der Waals surface area contributed by atoms with Crippen LogP contribution in [0.1, 0.15) is 12.0 Å². The van der Waals surface area contributed by atoms with Crippen LogP contribution in [-0.2, 0) is 16.1 Å². The van der Waals surface area contributed by atoms with Gasteiger partial charge in [-0.3, -0.25) is 14.9 Å². The van der Waals surface area contributed by atoms with Crippen molar-refractivity contribution in [2.75, 3.05) is 0 Å². The van der Waals surface area contributed by atoms with Crippen LogP contribution in [-0.4, -0.2) is 34.0 Å². The van der Waals surface area contributed by atoms with Crippen molar-refractivity contribution in [3.63, 3.8) is 0 Å². The molecule has 1 heterocycles. The first-order valence-corrected chi connectivity index (χ1v) is 5.45. The van der Waals surface area contributed by atoms with Crippen molar-refractivity contribution in [1.82, 2.24) is 10.2 Å². The number of benzene rings is 1. The van der Waals surface area contributed by atoms with Gasteiger partial charge in [-0.2, -0.15) is 0 Å². The summed E-state index contributed by atoms with van der Waals surface area (Å²) in [6.07, 6.45) is -0.385. The monoisotopic (exact) mass is 248 g/mol. The summed E-state index contributed by atoms with van der Waals surface area (Å²) >= 11 is 0. The average Bonchev–Trinajstić information content (AvgIpc) is 2.57. The SMILES string of the molecule is O=C(O)CC1C(=O)NC(=O)N1Cc1ccccc1. The Labute approximate surface area is 103 Å². The van der Waals surface area contributed by atoms with Gasteiger partial charge in [0.25, 0.3) is 5.91 Å². The molecule has 6 heteroatoms. The Morgan fingerprint density at radius 1 is 1.28 bits per heavy atom. The molecule has 2 N–H and O–H groups in total. The number of carbonyl (C=O) groups excluding carboxylic acids is 2. The second kappa shape index (κ2) is 4.87. The molecule has 0 spiro atoms. The Bertz CT molecular complexity index is 486. The van der Waals surface area contributed by atoms with Crippen LogP contribution in [0.2, 0.25) is 0 Å².